The Morgan fingerprint density at radius 3 is 2.18 bits per heavy atom. The minimum atomic E-state index is -1.07. The van der Waals surface area contributed by atoms with Crippen molar-refractivity contribution in [3.8, 4) is 11.8 Å². The summed E-state index contributed by atoms with van der Waals surface area (Å²) in [5, 5.41) is 14.3. The Balaban J connectivity index is 4.58. The van der Waals surface area contributed by atoms with E-state index in [1.165, 1.54) is 0 Å². The zero-order chi connectivity index (χ0) is 13.7. The molecule has 0 fully saturated rings. The number of carbonyl (C=O) groups excluding carboxylic acids is 1. The smallest absolute Gasteiger partial charge is 0.315 e. The van der Waals surface area contributed by atoms with Crippen molar-refractivity contribution in [2.75, 3.05) is 6.54 Å². The molecule has 0 bridgehead atoms. The molecule has 5 nitrogen and oxygen atoms in total. The molecule has 5 heteroatoms. The highest BCUT2D eigenvalue weighted by Crippen LogP contribution is 2.30. The first-order valence-corrected chi connectivity index (χ1v) is 5.34. The van der Waals surface area contributed by atoms with Crippen LogP contribution in [0.5, 0.6) is 0 Å². The van der Waals surface area contributed by atoms with Gasteiger partial charge >= 0.3 is 12.0 Å². The highest BCUT2D eigenvalue weighted by molar-refractivity contribution is 5.79. The molecule has 0 saturated carbocycles. The van der Waals surface area contributed by atoms with Gasteiger partial charge in [-0.3, -0.25) is 4.79 Å². The van der Waals surface area contributed by atoms with Crippen LogP contribution in [0.3, 0.4) is 0 Å². The van der Waals surface area contributed by atoms with Crippen LogP contribution in [0.25, 0.3) is 0 Å². The van der Waals surface area contributed by atoms with Crippen LogP contribution in [-0.4, -0.2) is 29.2 Å². The molecule has 0 aliphatic rings. The van der Waals surface area contributed by atoms with Crippen LogP contribution in [0, 0.1) is 17.3 Å². The topological polar surface area (TPSA) is 78.4 Å². The second-order valence-electron chi connectivity index (χ2n) is 4.79. The number of urea groups is 1. The van der Waals surface area contributed by atoms with Crippen molar-refractivity contribution < 1.29 is 14.7 Å². The van der Waals surface area contributed by atoms with Crippen molar-refractivity contribution in [3.05, 3.63) is 0 Å². The minimum absolute atomic E-state index is 0.242. The van der Waals surface area contributed by atoms with Gasteiger partial charge in [0.25, 0.3) is 0 Å². The fourth-order valence-electron chi connectivity index (χ4n) is 0.964. The summed E-state index contributed by atoms with van der Waals surface area (Å²) in [5.41, 5.74) is -1.94. The summed E-state index contributed by atoms with van der Waals surface area (Å²) in [7, 11) is 0. The summed E-state index contributed by atoms with van der Waals surface area (Å²) < 4.78 is 0. The number of hydrogen-bond donors (Lipinski definition) is 3. The summed E-state index contributed by atoms with van der Waals surface area (Å²) >= 11 is 0. The number of hydrogen-bond acceptors (Lipinski definition) is 2. The molecule has 0 spiro atoms. The molecule has 0 heterocycles. The standard InChI is InChI=1S/C12H20N2O3/c1-6-7-8-13-10(17)14-12(4,5)11(2,3)9(15)16/h8H2,1-5H3,(H,15,16)(H2,13,14,17). The van der Waals surface area contributed by atoms with Crippen LogP contribution >= 0.6 is 0 Å². The predicted molar refractivity (Wildman–Crippen MR) is 65.5 cm³/mol. The van der Waals surface area contributed by atoms with Crippen LogP contribution in [0.15, 0.2) is 0 Å². The Kier molecular flexibility index (Phi) is 5.02. The fourth-order valence-corrected chi connectivity index (χ4v) is 0.964. The van der Waals surface area contributed by atoms with E-state index in [0.717, 1.165) is 0 Å². The van der Waals surface area contributed by atoms with Crippen molar-refractivity contribution in [1.29, 1.82) is 0 Å². The van der Waals surface area contributed by atoms with Crippen molar-refractivity contribution in [1.82, 2.24) is 10.6 Å². The quantitative estimate of drug-likeness (QED) is 0.646. The lowest BCUT2D eigenvalue weighted by Crippen LogP contribution is -2.59. The summed E-state index contributed by atoms with van der Waals surface area (Å²) in [6, 6.07) is -0.424. The van der Waals surface area contributed by atoms with Crippen LogP contribution < -0.4 is 10.6 Å². The first-order valence-electron chi connectivity index (χ1n) is 5.34. The Bertz CT molecular complexity index is 362. The molecular weight excluding hydrogens is 220 g/mol. The molecule has 0 rings (SSSR count). The maximum Gasteiger partial charge on any atom is 0.315 e. The molecule has 0 atom stereocenters. The summed E-state index contributed by atoms with van der Waals surface area (Å²) in [6.45, 7) is 8.41. The minimum Gasteiger partial charge on any atom is -0.481 e. The van der Waals surface area contributed by atoms with E-state index in [0.29, 0.717) is 0 Å². The first-order chi connectivity index (χ1) is 7.65. The molecule has 0 aromatic heterocycles. The maximum absolute atomic E-state index is 11.5. The van der Waals surface area contributed by atoms with Gasteiger partial charge < -0.3 is 15.7 Å². The van der Waals surface area contributed by atoms with Crippen LogP contribution in [0.4, 0.5) is 4.79 Å². The van der Waals surface area contributed by atoms with Crippen LogP contribution in [0.1, 0.15) is 34.6 Å². The Labute approximate surface area is 102 Å². The van der Waals surface area contributed by atoms with E-state index >= 15 is 0 Å². The van der Waals surface area contributed by atoms with E-state index < -0.39 is 23.0 Å². The van der Waals surface area contributed by atoms with Gasteiger partial charge in [-0.1, -0.05) is 5.92 Å². The summed E-state index contributed by atoms with van der Waals surface area (Å²) in [6.07, 6.45) is 0. The molecule has 96 valence electrons. The number of carbonyl (C=O) groups is 2. The van der Waals surface area contributed by atoms with Gasteiger partial charge in [0.05, 0.1) is 17.5 Å². The average Bonchev–Trinajstić information content (AvgIpc) is 2.16. The molecule has 0 saturated heterocycles. The molecule has 0 aromatic rings. The number of aliphatic carboxylic acids is 1. The van der Waals surface area contributed by atoms with Gasteiger partial charge in [-0.2, -0.15) is 0 Å². The van der Waals surface area contributed by atoms with Gasteiger partial charge in [-0.15, -0.1) is 5.92 Å². The molecule has 2 amide bonds. The highest BCUT2D eigenvalue weighted by atomic mass is 16.4. The molecule has 0 aliphatic heterocycles. The lowest BCUT2D eigenvalue weighted by Gasteiger charge is -2.38. The molecule has 0 aromatic carbocycles. The SMILES string of the molecule is CC#CCNC(=O)NC(C)(C)C(C)(C)C(=O)O. The van der Waals surface area contributed by atoms with E-state index in [-0.39, 0.29) is 6.54 Å². The van der Waals surface area contributed by atoms with Gasteiger partial charge in [0.1, 0.15) is 0 Å². The van der Waals surface area contributed by atoms with Crippen LogP contribution in [-0.2, 0) is 4.79 Å². The van der Waals surface area contributed by atoms with Crippen molar-refractivity contribution >= 4 is 12.0 Å². The maximum atomic E-state index is 11.5. The second kappa shape index (κ2) is 5.58. The number of rotatable bonds is 4. The number of amides is 2. The van der Waals surface area contributed by atoms with E-state index in [1.807, 2.05) is 0 Å². The van der Waals surface area contributed by atoms with Gasteiger partial charge in [0.15, 0.2) is 0 Å². The van der Waals surface area contributed by atoms with Gasteiger partial charge in [-0.05, 0) is 34.6 Å². The lowest BCUT2D eigenvalue weighted by atomic mass is 9.74. The normalized spacial score (nSPS) is 11.1. The van der Waals surface area contributed by atoms with Crippen molar-refractivity contribution in [2.45, 2.75) is 40.2 Å². The fraction of sp³-hybridized carbons (Fsp3) is 0.667. The van der Waals surface area contributed by atoms with E-state index in [9.17, 15) is 9.59 Å². The summed E-state index contributed by atoms with van der Waals surface area (Å²) in [5.74, 6) is 4.37. The third-order valence-electron chi connectivity index (χ3n) is 3.04. The number of carboxylic acid groups (broad SMARTS) is 1. The van der Waals surface area contributed by atoms with Crippen molar-refractivity contribution in [2.24, 2.45) is 5.41 Å². The highest BCUT2D eigenvalue weighted by Gasteiger charge is 2.44. The molecule has 0 aliphatic carbocycles. The molecule has 0 unspecified atom stereocenters. The van der Waals surface area contributed by atoms with Crippen LogP contribution in [0.2, 0.25) is 0 Å². The first kappa shape index (κ1) is 15.3. The van der Waals surface area contributed by atoms with E-state index in [4.69, 9.17) is 5.11 Å². The zero-order valence-corrected chi connectivity index (χ0v) is 11.0. The van der Waals surface area contributed by atoms with Gasteiger partial charge in [0.2, 0.25) is 0 Å². The Morgan fingerprint density at radius 2 is 1.76 bits per heavy atom. The monoisotopic (exact) mass is 240 g/mol. The third-order valence-corrected chi connectivity index (χ3v) is 3.04. The zero-order valence-electron chi connectivity index (χ0n) is 11.0. The summed E-state index contributed by atoms with van der Waals surface area (Å²) in [4.78, 5) is 22.6. The number of carboxylic acids is 1. The average molecular weight is 240 g/mol. The van der Waals surface area contributed by atoms with Crippen molar-refractivity contribution in [3.63, 3.8) is 0 Å². The lowest BCUT2D eigenvalue weighted by molar-refractivity contribution is -0.150. The Morgan fingerprint density at radius 1 is 1.24 bits per heavy atom. The molecule has 0 radical (unpaired) electrons. The predicted octanol–water partition coefficient (Wildman–Crippen LogP) is 1.20. The van der Waals surface area contributed by atoms with Gasteiger partial charge in [0, 0.05) is 0 Å². The Hall–Kier alpha value is -1.70. The molecular formula is C12H20N2O3. The molecule has 17 heavy (non-hydrogen) atoms. The van der Waals surface area contributed by atoms with E-state index in [2.05, 4.69) is 22.5 Å². The number of nitrogens with one attached hydrogen (secondary N) is 2. The third kappa shape index (κ3) is 3.99. The largest absolute Gasteiger partial charge is 0.481 e. The second-order valence-corrected chi connectivity index (χ2v) is 4.79. The van der Waals surface area contributed by atoms with E-state index in [1.54, 1.807) is 34.6 Å². The van der Waals surface area contributed by atoms with Gasteiger partial charge in [-0.25, -0.2) is 4.79 Å². The molecule has 3 N–H and O–H groups in total.